The Balaban J connectivity index is 1.21. The summed E-state index contributed by atoms with van der Waals surface area (Å²) in [6.45, 7) is 0.845. The van der Waals surface area contributed by atoms with Crippen LogP contribution in [0.4, 0.5) is 0 Å². The third-order valence-electron chi connectivity index (χ3n) is 9.32. The van der Waals surface area contributed by atoms with Crippen molar-refractivity contribution in [2.24, 2.45) is 0 Å². The molecule has 9 rings (SSSR count). The molecule has 50 heavy (non-hydrogen) atoms. The standard InChI is InChI=1S/C42H31N3O5/c46-41-35-33-29-18-10-20-31(49-23-27-14-6-2-7-15-27)37(29)43-39(33)40-34(36(35)42(47)45(41)25-48-22-26-12-4-1-5-13-26)30-19-11-21-32(38(30)44-40)50-24-28-16-8-3-9-17-28/h1-21,43-44H,22-25H2. The quantitative estimate of drug-likeness (QED) is 0.143. The highest BCUT2D eigenvalue weighted by Crippen LogP contribution is 2.46. The Kier molecular flexibility index (Phi) is 7.29. The van der Waals surface area contributed by atoms with Crippen molar-refractivity contribution in [3.05, 3.63) is 155 Å². The molecule has 0 saturated carbocycles. The van der Waals surface area contributed by atoms with Crippen LogP contribution in [0.3, 0.4) is 0 Å². The molecule has 8 nitrogen and oxygen atoms in total. The molecule has 0 spiro atoms. The number of benzene rings is 6. The third-order valence-corrected chi connectivity index (χ3v) is 9.32. The van der Waals surface area contributed by atoms with Crippen LogP contribution >= 0.6 is 0 Å². The Hall–Kier alpha value is -6.38. The number of carbonyl (C=O) groups is 2. The molecule has 0 atom stereocenters. The summed E-state index contributed by atoms with van der Waals surface area (Å²) in [5, 5.41) is 2.90. The van der Waals surface area contributed by atoms with Crippen LogP contribution in [0.15, 0.2) is 127 Å². The van der Waals surface area contributed by atoms with Crippen LogP contribution in [0, 0.1) is 0 Å². The summed E-state index contributed by atoms with van der Waals surface area (Å²) in [5.41, 5.74) is 6.63. The van der Waals surface area contributed by atoms with Gasteiger partial charge in [-0.3, -0.25) is 9.59 Å². The molecule has 2 amide bonds. The summed E-state index contributed by atoms with van der Waals surface area (Å²) in [7, 11) is 0. The van der Waals surface area contributed by atoms with Crippen LogP contribution in [0.1, 0.15) is 37.4 Å². The molecule has 8 heteroatoms. The van der Waals surface area contributed by atoms with Gasteiger partial charge in [-0.05, 0) is 28.8 Å². The molecule has 0 radical (unpaired) electrons. The van der Waals surface area contributed by atoms with Crippen molar-refractivity contribution >= 4 is 55.4 Å². The van der Waals surface area contributed by atoms with E-state index in [4.69, 9.17) is 14.2 Å². The van der Waals surface area contributed by atoms with E-state index in [0.717, 1.165) is 38.5 Å². The molecular formula is C42H31N3O5. The summed E-state index contributed by atoms with van der Waals surface area (Å²) in [6, 6.07) is 41.2. The second-order valence-electron chi connectivity index (χ2n) is 12.4. The zero-order valence-corrected chi connectivity index (χ0v) is 26.9. The first-order valence-electron chi connectivity index (χ1n) is 16.5. The van der Waals surface area contributed by atoms with Gasteiger partial charge in [0.1, 0.15) is 31.4 Å². The largest absolute Gasteiger partial charge is 0.487 e. The maximum absolute atomic E-state index is 14.4. The first-order chi connectivity index (χ1) is 24.7. The second-order valence-corrected chi connectivity index (χ2v) is 12.4. The molecule has 1 aliphatic heterocycles. The van der Waals surface area contributed by atoms with Gasteiger partial charge in [-0.25, -0.2) is 4.90 Å². The van der Waals surface area contributed by atoms with Crippen LogP contribution in [-0.4, -0.2) is 33.4 Å². The number of aromatic nitrogens is 2. The highest BCUT2D eigenvalue weighted by molar-refractivity contribution is 6.39. The van der Waals surface area contributed by atoms with E-state index in [2.05, 4.69) is 9.97 Å². The number of carbonyl (C=O) groups excluding carboxylic acids is 2. The van der Waals surface area contributed by atoms with Gasteiger partial charge in [0.05, 0.1) is 39.8 Å². The van der Waals surface area contributed by atoms with Gasteiger partial charge in [0.2, 0.25) is 0 Å². The van der Waals surface area contributed by atoms with Crippen molar-refractivity contribution < 1.29 is 23.8 Å². The molecular weight excluding hydrogens is 626 g/mol. The molecule has 0 fully saturated rings. The Morgan fingerprint density at radius 2 is 0.880 bits per heavy atom. The van der Waals surface area contributed by atoms with E-state index in [0.29, 0.717) is 57.6 Å². The molecule has 0 saturated heterocycles. The van der Waals surface area contributed by atoms with E-state index >= 15 is 0 Å². The number of hydrogen-bond donors (Lipinski definition) is 2. The normalized spacial score (nSPS) is 12.8. The van der Waals surface area contributed by atoms with E-state index in [1.165, 1.54) is 4.90 Å². The van der Waals surface area contributed by atoms with Gasteiger partial charge in [-0.2, -0.15) is 0 Å². The third kappa shape index (κ3) is 4.96. The fraction of sp³-hybridized carbons (Fsp3) is 0.0952. The maximum atomic E-state index is 14.4. The van der Waals surface area contributed by atoms with E-state index in [1.807, 2.05) is 127 Å². The lowest BCUT2D eigenvalue weighted by molar-refractivity contribution is 0.0206. The average Bonchev–Trinajstić information content (AvgIpc) is 3.82. The minimum Gasteiger partial charge on any atom is -0.487 e. The second kappa shape index (κ2) is 12.3. The number of nitrogens with zero attached hydrogens (tertiary/aromatic N) is 1. The predicted octanol–water partition coefficient (Wildman–Crippen LogP) is 8.88. The Labute approximate surface area is 286 Å². The van der Waals surface area contributed by atoms with Crippen molar-refractivity contribution in [3.63, 3.8) is 0 Å². The SMILES string of the molecule is O=C1c2c(c3c4cccc(OCc5ccccc5)c4[nH]c3c3[nH]c4c(OCc5ccccc5)cccc4c23)C(=O)N1COCc1ccccc1. The molecule has 0 unspecified atom stereocenters. The van der Waals surface area contributed by atoms with Gasteiger partial charge in [0.25, 0.3) is 11.8 Å². The van der Waals surface area contributed by atoms with Crippen molar-refractivity contribution in [1.82, 2.24) is 14.9 Å². The lowest BCUT2D eigenvalue weighted by atomic mass is 9.96. The van der Waals surface area contributed by atoms with Crippen molar-refractivity contribution in [2.75, 3.05) is 6.73 Å². The Morgan fingerprint density at radius 3 is 1.32 bits per heavy atom. The van der Waals surface area contributed by atoms with Crippen LogP contribution in [-0.2, 0) is 24.6 Å². The molecule has 3 heterocycles. The number of imide groups is 1. The van der Waals surface area contributed by atoms with Gasteiger partial charge in [-0.15, -0.1) is 0 Å². The van der Waals surface area contributed by atoms with E-state index in [-0.39, 0.29) is 13.3 Å². The van der Waals surface area contributed by atoms with Gasteiger partial charge < -0.3 is 24.2 Å². The summed E-state index contributed by atoms with van der Waals surface area (Å²) in [5.74, 6) is 0.499. The number of nitrogens with one attached hydrogen (secondary N) is 2. The highest BCUT2D eigenvalue weighted by atomic mass is 16.5. The maximum Gasteiger partial charge on any atom is 0.264 e. The van der Waals surface area contributed by atoms with E-state index in [9.17, 15) is 9.59 Å². The highest BCUT2D eigenvalue weighted by Gasteiger charge is 2.41. The lowest BCUT2D eigenvalue weighted by Gasteiger charge is -2.14. The topological polar surface area (TPSA) is 96.7 Å². The number of H-pyrrole nitrogens is 2. The first-order valence-corrected chi connectivity index (χ1v) is 16.5. The molecule has 6 aromatic carbocycles. The summed E-state index contributed by atoms with van der Waals surface area (Å²) < 4.78 is 18.6. The fourth-order valence-electron chi connectivity index (χ4n) is 6.97. The zero-order valence-electron chi connectivity index (χ0n) is 26.9. The number of amides is 2. The molecule has 2 N–H and O–H groups in total. The lowest BCUT2D eigenvalue weighted by Crippen LogP contribution is -2.32. The molecule has 2 aromatic heterocycles. The van der Waals surface area contributed by atoms with Crippen LogP contribution in [0.5, 0.6) is 11.5 Å². The predicted molar refractivity (Wildman–Crippen MR) is 193 cm³/mol. The number of ether oxygens (including phenoxy) is 3. The van der Waals surface area contributed by atoms with Crippen LogP contribution < -0.4 is 9.47 Å². The van der Waals surface area contributed by atoms with E-state index in [1.54, 1.807) is 0 Å². The number of rotatable bonds is 10. The summed E-state index contributed by atoms with van der Waals surface area (Å²) >= 11 is 0. The molecule has 0 aliphatic carbocycles. The average molecular weight is 658 g/mol. The Morgan fingerprint density at radius 1 is 0.460 bits per heavy atom. The smallest absolute Gasteiger partial charge is 0.264 e. The molecule has 1 aliphatic rings. The van der Waals surface area contributed by atoms with Crippen molar-refractivity contribution in [2.45, 2.75) is 19.8 Å². The van der Waals surface area contributed by atoms with Gasteiger partial charge in [-0.1, -0.05) is 115 Å². The van der Waals surface area contributed by atoms with Crippen molar-refractivity contribution in [1.29, 1.82) is 0 Å². The summed E-state index contributed by atoms with van der Waals surface area (Å²) in [6.07, 6.45) is 0. The van der Waals surface area contributed by atoms with Crippen LogP contribution in [0.25, 0.3) is 43.6 Å². The number of aromatic amines is 2. The molecule has 244 valence electrons. The van der Waals surface area contributed by atoms with Gasteiger partial charge >= 0.3 is 0 Å². The van der Waals surface area contributed by atoms with Crippen LogP contribution in [0.2, 0.25) is 0 Å². The minimum absolute atomic E-state index is 0.175. The first kappa shape index (κ1) is 29.7. The zero-order chi connectivity index (χ0) is 33.6. The minimum atomic E-state index is -0.396. The number of hydrogen-bond acceptors (Lipinski definition) is 5. The fourth-order valence-corrected chi connectivity index (χ4v) is 6.97. The molecule has 8 aromatic rings. The van der Waals surface area contributed by atoms with Gasteiger partial charge in [0, 0.05) is 21.5 Å². The number of fused-ring (bicyclic) bond motifs is 10. The monoisotopic (exact) mass is 657 g/mol. The van der Waals surface area contributed by atoms with Crippen molar-refractivity contribution in [3.8, 4) is 11.5 Å². The molecule has 0 bridgehead atoms. The van der Waals surface area contributed by atoms with Gasteiger partial charge in [0.15, 0.2) is 0 Å². The Bertz CT molecular complexity index is 2400. The number of para-hydroxylation sites is 2. The van der Waals surface area contributed by atoms with E-state index < -0.39 is 11.8 Å². The summed E-state index contributed by atoms with van der Waals surface area (Å²) in [4.78, 5) is 37.1.